The first-order chi connectivity index (χ1) is 9.63. The number of rotatable bonds is 4. The lowest BCUT2D eigenvalue weighted by Gasteiger charge is -2.11. The lowest BCUT2D eigenvalue weighted by Crippen LogP contribution is -2.20. The molecular formula is C10H11ClN4O4S2. The Morgan fingerprint density at radius 1 is 1.24 bits per heavy atom. The van der Waals surface area contributed by atoms with E-state index in [1.54, 1.807) is 0 Å². The summed E-state index contributed by atoms with van der Waals surface area (Å²) in [5.41, 5.74) is -0.169. The second-order valence-electron chi connectivity index (χ2n) is 4.07. The summed E-state index contributed by atoms with van der Waals surface area (Å²) in [4.78, 5) is -0.341. The minimum absolute atomic E-state index is 0.0851. The Morgan fingerprint density at radius 3 is 2.38 bits per heavy atom. The van der Waals surface area contributed by atoms with Crippen molar-refractivity contribution in [3.63, 3.8) is 0 Å². The summed E-state index contributed by atoms with van der Waals surface area (Å²) in [6, 6.07) is 5.37. The smallest absolute Gasteiger partial charge is 0.277 e. The van der Waals surface area contributed by atoms with Gasteiger partial charge < -0.3 is 0 Å². The van der Waals surface area contributed by atoms with Crippen LogP contribution in [0.5, 0.6) is 0 Å². The molecule has 8 nitrogen and oxygen atoms in total. The maximum atomic E-state index is 12.3. The second-order valence-corrected chi connectivity index (χ2v) is 7.60. The van der Waals surface area contributed by atoms with Gasteiger partial charge in [0, 0.05) is 7.05 Å². The Labute approximate surface area is 126 Å². The lowest BCUT2D eigenvalue weighted by molar-refractivity contribution is 0.582. The van der Waals surface area contributed by atoms with Gasteiger partial charge in [-0.05, 0) is 12.1 Å². The van der Waals surface area contributed by atoms with Crippen LogP contribution < -0.4 is 9.86 Å². The molecule has 0 aliphatic heterocycles. The van der Waals surface area contributed by atoms with Gasteiger partial charge in [-0.3, -0.25) is 9.40 Å². The van der Waals surface area contributed by atoms with Gasteiger partial charge in [-0.15, -0.1) is 0 Å². The molecule has 3 N–H and O–H groups in total. The number of aryl methyl sites for hydroxylation is 1. The number of nitrogens with zero attached hydrogens (tertiary/aromatic N) is 2. The van der Waals surface area contributed by atoms with Crippen molar-refractivity contribution in [1.29, 1.82) is 0 Å². The molecule has 0 aliphatic rings. The van der Waals surface area contributed by atoms with E-state index in [1.165, 1.54) is 37.5 Å². The molecule has 114 valence electrons. The summed E-state index contributed by atoms with van der Waals surface area (Å²) in [6.07, 6.45) is 1.17. The first kappa shape index (κ1) is 15.8. The maximum absolute atomic E-state index is 12.3. The average molecular weight is 351 g/mol. The van der Waals surface area contributed by atoms with Crippen molar-refractivity contribution in [1.82, 2.24) is 9.78 Å². The van der Waals surface area contributed by atoms with Crippen LogP contribution >= 0.6 is 11.6 Å². The molecule has 0 radical (unpaired) electrons. The number of hydrogen-bond acceptors (Lipinski definition) is 5. The number of sulfonamides is 2. The third-order valence-corrected chi connectivity index (χ3v) is 5.37. The van der Waals surface area contributed by atoms with Crippen LogP contribution in [0.15, 0.2) is 40.4 Å². The monoisotopic (exact) mass is 350 g/mol. The first-order valence-electron chi connectivity index (χ1n) is 5.45. The Hall–Kier alpha value is -1.62. The molecule has 1 aromatic heterocycles. The standard InChI is InChI=1S/C10H11ClN4O4S2/c1-15-10(7(11)6-13-15)21(18,19)14-8-4-2-3-5-9(8)20(12,16)17/h2-6,14H,1H3,(H2,12,16,17). The number of primary sulfonamides is 1. The van der Waals surface area contributed by atoms with Gasteiger partial charge in [0.15, 0.2) is 5.03 Å². The van der Waals surface area contributed by atoms with Crippen molar-refractivity contribution in [2.45, 2.75) is 9.92 Å². The molecule has 0 saturated heterocycles. The zero-order chi connectivity index (χ0) is 15.8. The highest BCUT2D eigenvalue weighted by molar-refractivity contribution is 7.93. The highest BCUT2D eigenvalue weighted by atomic mass is 35.5. The highest BCUT2D eigenvalue weighted by Crippen LogP contribution is 2.26. The Balaban J connectivity index is 2.53. The molecule has 11 heteroatoms. The van der Waals surface area contributed by atoms with Crippen LogP contribution in [-0.4, -0.2) is 26.6 Å². The number of aromatic nitrogens is 2. The number of nitrogens with two attached hydrogens (primary N) is 1. The topological polar surface area (TPSA) is 124 Å². The van der Waals surface area contributed by atoms with Crippen molar-refractivity contribution >= 4 is 37.3 Å². The molecule has 0 bridgehead atoms. The summed E-state index contributed by atoms with van der Waals surface area (Å²) in [7, 11) is -6.80. The largest absolute Gasteiger partial charge is 0.280 e. The van der Waals surface area contributed by atoms with Gasteiger partial charge in [0.25, 0.3) is 10.0 Å². The van der Waals surface area contributed by atoms with E-state index in [9.17, 15) is 16.8 Å². The van der Waals surface area contributed by atoms with E-state index in [2.05, 4.69) is 9.82 Å². The van der Waals surface area contributed by atoms with Crippen LogP contribution in [0.4, 0.5) is 5.69 Å². The van der Waals surface area contributed by atoms with Crippen molar-refractivity contribution in [2.24, 2.45) is 12.2 Å². The molecule has 0 fully saturated rings. The van der Waals surface area contributed by atoms with E-state index < -0.39 is 20.0 Å². The summed E-state index contributed by atoms with van der Waals surface area (Å²) >= 11 is 5.78. The number of benzene rings is 1. The van der Waals surface area contributed by atoms with Crippen molar-refractivity contribution in [3.8, 4) is 0 Å². The molecule has 1 heterocycles. The molecule has 0 saturated carbocycles. The molecule has 0 amide bonds. The highest BCUT2D eigenvalue weighted by Gasteiger charge is 2.25. The van der Waals surface area contributed by atoms with E-state index in [0.29, 0.717) is 0 Å². The minimum atomic E-state index is -4.12. The molecule has 21 heavy (non-hydrogen) atoms. The predicted molar refractivity (Wildman–Crippen MR) is 76.8 cm³/mol. The zero-order valence-electron chi connectivity index (χ0n) is 10.7. The maximum Gasteiger partial charge on any atom is 0.280 e. The molecule has 2 aromatic rings. The van der Waals surface area contributed by atoms with Crippen molar-refractivity contribution < 1.29 is 16.8 Å². The van der Waals surface area contributed by atoms with E-state index in [1.807, 2.05) is 0 Å². The average Bonchev–Trinajstić information content (AvgIpc) is 2.68. The Kier molecular flexibility index (Phi) is 3.97. The number of halogens is 1. The van der Waals surface area contributed by atoms with Gasteiger partial charge >= 0.3 is 0 Å². The van der Waals surface area contributed by atoms with Crippen molar-refractivity contribution in [2.75, 3.05) is 4.72 Å². The summed E-state index contributed by atoms with van der Waals surface area (Å²) in [5, 5.41) is 8.40. The molecule has 1 aromatic carbocycles. The third kappa shape index (κ3) is 3.18. The number of anilines is 1. The number of hydrogen-bond donors (Lipinski definition) is 2. The lowest BCUT2D eigenvalue weighted by atomic mass is 10.3. The van der Waals surface area contributed by atoms with Crippen LogP contribution in [-0.2, 0) is 27.1 Å². The molecule has 0 unspecified atom stereocenters. The van der Waals surface area contributed by atoms with Gasteiger partial charge in [-0.1, -0.05) is 23.7 Å². The quantitative estimate of drug-likeness (QED) is 0.831. The van der Waals surface area contributed by atoms with Gasteiger partial charge in [0.2, 0.25) is 10.0 Å². The fraction of sp³-hybridized carbons (Fsp3) is 0.100. The molecular weight excluding hydrogens is 340 g/mol. The number of para-hydroxylation sites is 1. The van der Waals surface area contributed by atoms with Crippen molar-refractivity contribution in [3.05, 3.63) is 35.5 Å². The molecule has 2 rings (SSSR count). The third-order valence-electron chi connectivity index (χ3n) is 2.53. The molecule has 0 atom stereocenters. The predicted octanol–water partition coefficient (Wildman–Crippen LogP) is 0.522. The van der Waals surface area contributed by atoms with Gasteiger partial charge in [-0.25, -0.2) is 13.6 Å². The first-order valence-corrected chi connectivity index (χ1v) is 8.86. The van der Waals surface area contributed by atoms with E-state index >= 15 is 0 Å². The zero-order valence-corrected chi connectivity index (χ0v) is 13.1. The van der Waals surface area contributed by atoms with Gasteiger partial charge in [-0.2, -0.15) is 13.5 Å². The SMILES string of the molecule is Cn1ncc(Cl)c1S(=O)(=O)Nc1ccccc1S(N)(=O)=O. The summed E-state index contributed by atoms with van der Waals surface area (Å²) < 4.78 is 50.7. The summed E-state index contributed by atoms with van der Waals surface area (Å²) in [6.45, 7) is 0. The fourth-order valence-electron chi connectivity index (χ4n) is 1.69. The fourth-order valence-corrected chi connectivity index (χ4v) is 4.19. The second kappa shape index (κ2) is 5.30. The van der Waals surface area contributed by atoms with Crippen LogP contribution in [0.1, 0.15) is 0 Å². The molecule has 0 aliphatic carbocycles. The van der Waals surface area contributed by atoms with Gasteiger partial charge in [0.1, 0.15) is 4.90 Å². The van der Waals surface area contributed by atoms with Crippen LogP contribution in [0.2, 0.25) is 5.02 Å². The van der Waals surface area contributed by atoms with Crippen LogP contribution in [0.3, 0.4) is 0 Å². The Morgan fingerprint density at radius 2 is 1.86 bits per heavy atom. The Bertz CT molecular complexity index is 870. The van der Waals surface area contributed by atoms with Crippen LogP contribution in [0, 0.1) is 0 Å². The van der Waals surface area contributed by atoms with Gasteiger partial charge in [0.05, 0.1) is 16.9 Å². The minimum Gasteiger partial charge on any atom is -0.277 e. The van der Waals surface area contributed by atoms with Crippen LogP contribution in [0.25, 0.3) is 0 Å². The van der Waals surface area contributed by atoms with E-state index in [-0.39, 0.29) is 20.6 Å². The van der Waals surface area contributed by atoms with E-state index in [0.717, 1.165) is 4.68 Å². The summed E-state index contributed by atoms with van der Waals surface area (Å²) in [5.74, 6) is 0. The number of nitrogens with one attached hydrogen (secondary N) is 1. The normalized spacial score (nSPS) is 12.3. The molecule has 0 spiro atoms. The van der Waals surface area contributed by atoms with E-state index in [4.69, 9.17) is 16.7 Å².